The summed E-state index contributed by atoms with van der Waals surface area (Å²) in [5.41, 5.74) is 1.18. The number of nitrogens with zero attached hydrogens (tertiary/aromatic N) is 2. The zero-order valence-corrected chi connectivity index (χ0v) is 14.9. The number of thiophene rings is 1. The average Bonchev–Trinajstić information content (AvgIpc) is 3.09. The van der Waals surface area contributed by atoms with Crippen LogP contribution in [-0.4, -0.2) is 47.9 Å². The Morgan fingerprint density at radius 3 is 2.96 bits per heavy atom. The van der Waals surface area contributed by atoms with Crippen molar-refractivity contribution < 1.29 is 9.59 Å². The SMILES string of the molecule is CCC(NC(=O)N1CCC[C@H]2C(=O)N(C)C[C@H]21)c1csc(C)c1. The maximum Gasteiger partial charge on any atom is 0.318 e. The lowest BCUT2D eigenvalue weighted by Crippen LogP contribution is -2.53. The zero-order valence-electron chi connectivity index (χ0n) is 14.0. The number of likely N-dealkylation sites (tertiary alicyclic amines) is 2. The van der Waals surface area contributed by atoms with Crippen LogP contribution < -0.4 is 5.32 Å². The van der Waals surface area contributed by atoms with Gasteiger partial charge < -0.3 is 15.1 Å². The van der Waals surface area contributed by atoms with E-state index in [-0.39, 0.29) is 29.9 Å². The van der Waals surface area contributed by atoms with Crippen LogP contribution in [0.4, 0.5) is 4.79 Å². The summed E-state index contributed by atoms with van der Waals surface area (Å²) < 4.78 is 0. The average molecular weight is 335 g/mol. The Morgan fingerprint density at radius 2 is 2.30 bits per heavy atom. The molecular formula is C17H25N3O2S. The minimum Gasteiger partial charge on any atom is -0.343 e. The third-order valence-corrected chi connectivity index (χ3v) is 5.93. The van der Waals surface area contributed by atoms with Crippen LogP contribution in [0.2, 0.25) is 0 Å². The number of carbonyl (C=O) groups excluding carboxylic acids is 2. The third-order valence-electron chi connectivity index (χ3n) is 5.05. The molecule has 3 amide bonds. The zero-order chi connectivity index (χ0) is 16.6. The number of hydrogen-bond donors (Lipinski definition) is 1. The Balaban J connectivity index is 1.71. The van der Waals surface area contributed by atoms with Crippen LogP contribution in [0.3, 0.4) is 0 Å². The van der Waals surface area contributed by atoms with E-state index in [0.717, 1.165) is 25.8 Å². The number of piperidine rings is 1. The van der Waals surface area contributed by atoms with Gasteiger partial charge in [-0.25, -0.2) is 4.79 Å². The summed E-state index contributed by atoms with van der Waals surface area (Å²) in [6, 6.07) is 2.19. The van der Waals surface area contributed by atoms with Gasteiger partial charge in [0.1, 0.15) is 0 Å². The van der Waals surface area contributed by atoms with Crippen molar-refractivity contribution in [3.63, 3.8) is 0 Å². The van der Waals surface area contributed by atoms with Gasteiger partial charge >= 0.3 is 6.03 Å². The topological polar surface area (TPSA) is 52.7 Å². The van der Waals surface area contributed by atoms with Gasteiger partial charge in [-0.15, -0.1) is 11.3 Å². The molecule has 1 aromatic heterocycles. The van der Waals surface area contributed by atoms with Crippen molar-refractivity contribution in [2.24, 2.45) is 5.92 Å². The van der Waals surface area contributed by atoms with Crippen LogP contribution in [0.1, 0.15) is 42.7 Å². The van der Waals surface area contributed by atoms with Crippen LogP contribution in [0, 0.1) is 12.8 Å². The first-order valence-corrected chi connectivity index (χ1v) is 9.26. The minimum atomic E-state index is -0.0292. The number of rotatable bonds is 3. The second-order valence-electron chi connectivity index (χ2n) is 6.63. The lowest BCUT2D eigenvalue weighted by molar-refractivity contribution is -0.130. The van der Waals surface area contributed by atoms with Crippen LogP contribution >= 0.6 is 11.3 Å². The van der Waals surface area contributed by atoms with Crippen molar-refractivity contribution in [2.45, 2.75) is 45.2 Å². The maximum absolute atomic E-state index is 12.8. The fraction of sp³-hybridized carbons (Fsp3) is 0.647. The van der Waals surface area contributed by atoms with Gasteiger partial charge in [-0.1, -0.05) is 6.92 Å². The molecule has 5 nitrogen and oxygen atoms in total. The summed E-state index contributed by atoms with van der Waals surface area (Å²) in [5, 5.41) is 5.29. The van der Waals surface area contributed by atoms with Crippen molar-refractivity contribution in [1.29, 1.82) is 0 Å². The standard InChI is InChI=1S/C17H25N3O2S/c1-4-14(12-8-11(2)23-10-12)18-17(22)20-7-5-6-13-15(20)9-19(3)16(13)21/h8,10,13-15H,4-7,9H2,1-3H3,(H,18,22)/t13-,14?,15-/m1/s1. The van der Waals surface area contributed by atoms with Crippen LogP contribution in [0.25, 0.3) is 0 Å². The first-order valence-electron chi connectivity index (χ1n) is 8.38. The molecule has 2 fully saturated rings. The number of likely N-dealkylation sites (N-methyl/N-ethyl adjacent to an activating group) is 1. The lowest BCUT2D eigenvalue weighted by Gasteiger charge is -2.36. The van der Waals surface area contributed by atoms with E-state index < -0.39 is 0 Å². The molecule has 3 atom stereocenters. The maximum atomic E-state index is 12.8. The molecule has 0 bridgehead atoms. The van der Waals surface area contributed by atoms with E-state index in [1.54, 1.807) is 16.2 Å². The number of urea groups is 1. The fourth-order valence-corrected chi connectivity index (χ4v) is 4.53. The van der Waals surface area contributed by atoms with E-state index in [0.29, 0.717) is 6.54 Å². The highest BCUT2D eigenvalue weighted by Crippen LogP contribution is 2.31. The van der Waals surface area contributed by atoms with Gasteiger partial charge in [-0.2, -0.15) is 0 Å². The lowest BCUT2D eigenvalue weighted by atomic mass is 9.92. The van der Waals surface area contributed by atoms with Gasteiger partial charge in [0.15, 0.2) is 0 Å². The Kier molecular flexibility index (Phi) is 4.62. The predicted molar refractivity (Wildman–Crippen MR) is 91.5 cm³/mol. The van der Waals surface area contributed by atoms with E-state index in [1.165, 1.54) is 10.4 Å². The second-order valence-corrected chi connectivity index (χ2v) is 7.74. The van der Waals surface area contributed by atoms with Crippen LogP contribution in [0.5, 0.6) is 0 Å². The van der Waals surface area contributed by atoms with E-state index in [4.69, 9.17) is 0 Å². The summed E-state index contributed by atoms with van der Waals surface area (Å²) in [7, 11) is 1.83. The highest BCUT2D eigenvalue weighted by Gasteiger charge is 2.45. The summed E-state index contributed by atoms with van der Waals surface area (Å²) in [6.45, 7) is 5.57. The number of aryl methyl sites for hydroxylation is 1. The van der Waals surface area contributed by atoms with Crippen LogP contribution in [-0.2, 0) is 4.79 Å². The molecule has 2 aliphatic heterocycles. The number of hydrogen-bond acceptors (Lipinski definition) is 3. The van der Waals surface area contributed by atoms with Gasteiger partial charge in [0.2, 0.25) is 5.91 Å². The molecule has 0 saturated carbocycles. The van der Waals surface area contributed by atoms with Crippen molar-refractivity contribution in [1.82, 2.24) is 15.1 Å². The van der Waals surface area contributed by atoms with Gasteiger partial charge in [-0.3, -0.25) is 4.79 Å². The summed E-state index contributed by atoms with van der Waals surface area (Å²) >= 11 is 1.71. The summed E-state index contributed by atoms with van der Waals surface area (Å²) in [4.78, 5) is 29.9. The van der Waals surface area contributed by atoms with E-state index >= 15 is 0 Å². The monoisotopic (exact) mass is 335 g/mol. The molecule has 0 aliphatic carbocycles. The Labute approximate surface area is 141 Å². The van der Waals surface area contributed by atoms with Gasteiger partial charge in [-0.05, 0) is 43.2 Å². The summed E-state index contributed by atoms with van der Waals surface area (Å²) in [5.74, 6) is 0.177. The van der Waals surface area contributed by atoms with E-state index in [9.17, 15) is 9.59 Å². The summed E-state index contributed by atoms with van der Waals surface area (Å²) in [6.07, 6.45) is 2.67. The number of nitrogens with one attached hydrogen (secondary N) is 1. The third kappa shape index (κ3) is 3.09. The predicted octanol–water partition coefficient (Wildman–Crippen LogP) is 2.77. The first-order chi connectivity index (χ1) is 11.0. The van der Waals surface area contributed by atoms with Crippen molar-refractivity contribution in [2.75, 3.05) is 20.1 Å². The molecule has 3 rings (SSSR count). The number of amides is 3. The largest absolute Gasteiger partial charge is 0.343 e. The van der Waals surface area contributed by atoms with Crippen molar-refractivity contribution >= 4 is 23.3 Å². The molecule has 0 spiro atoms. The molecule has 2 saturated heterocycles. The smallest absolute Gasteiger partial charge is 0.318 e. The van der Waals surface area contributed by atoms with Crippen molar-refractivity contribution in [3.8, 4) is 0 Å². The van der Waals surface area contributed by atoms with Crippen LogP contribution in [0.15, 0.2) is 11.4 Å². The second kappa shape index (κ2) is 6.51. The van der Waals surface area contributed by atoms with Crippen molar-refractivity contribution in [3.05, 3.63) is 21.9 Å². The molecule has 126 valence electrons. The quantitative estimate of drug-likeness (QED) is 0.923. The highest BCUT2D eigenvalue weighted by atomic mass is 32.1. The minimum absolute atomic E-state index is 0.0111. The molecule has 6 heteroatoms. The molecular weight excluding hydrogens is 310 g/mol. The molecule has 23 heavy (non-hydrogen) atoms. The molecule has 3 heterocycles. The molecule has 2 aliphatic rings. The molecule has 0 radical (unpaired) electrons. The molecule has 0 aromatic carbocycles. The normalized spacial score (nSPS) is 25.4. The highest BCUT2D eigenvalue weighted by molar-refractivity contribution is 7.10. The molecule has 1 N–H and O–H groups in total. The fourth-order valence-electron chi connectivity index (χ4n) is 3.78. The molecule has 1 unspecified atom stereocenters. The van der Waals surface area contributed by atoms with Gasteiger partial charge in [0.25, 0.3) is 0 Å². The van der Waals surface area contributed by atoms with E-state index in [1.807, 2.05) is 11.9 Å². The van der Waals surface area contributed by atoms with Gasteiger partial charge in [0, 0.05) is 25.0 Å². The van der Waals surface area contributed by atoms with E-state index in [2.05, 4.69) is 30.6 Å². The Morgan fingerprint density at radius 1 is 1.52 bits per heavy atom. The first kappa shape index (κ1) is 16.3. The van der Waals surface area contributed by atoms with Gasteiger partial charge in [0.05, 0.1) is 18.0 Å². The Hall–Kier alpha value is -1.56. The number of fused-ring (bicyclic) bond motifs is 1. The number of carbonyl (C=O) groups is 2. The molecule has 1 aromatic rings. The Bertz CT molecular complexity index is 600.